The molecule has 0 saturated heterocycles. The number of hydrogen-bond donors (Lipinski definition) is 1. The third-order valence-electron chi connectivity index (χ3n) is 4.42. The molecule has 0 aliphatic carbocycles. The van der Waals surface area contributed by atoms with Crippen LogP contribution in [0, 0.1) is 11.6 Å². The van der Waals surface area contributed by atoms with Crippen molar-refractivity contribution in [2.45, 2.75) is 18.9 Å². The van der Waals surface area contributed by atoms with Gasteiger partial charge in [-0.1, -0.05) is 48.5 Å². The molecule has 144 valence electrons. The molecule has 0 fully saturated rings. The molecule has 0 aliphatic heterocycles. The molecule has 0 radical (unpaired) electrons. The molecule has 1 atom stereocenters. The van der Waals surface area contributed by atoms with E-state index in [2.05, 4.69) is 5.32 Å². The van der Waals surface area contributed by atoms with Gasteiger partial charge in [0, 0.05) is 6.42 Å². The molecule has 1 N–H and O–H groups in total. The Morgan fingerprint density at radius 3 is 2.36 bits per heavy atom. The van der Waals surface area contributed by atoms with E-state index in [0.717, 1.165) is 28.5 Å². The summed E-state index contributed by atoms with van der Waals surface area (Å²) in [7, 11) is 1.25. The van der Waals surface area contributed by atoms with Crippen LogP contribution in [-0.4, -0.2) is 25.0 Å². The van der Waals surface area contributed by atoms with Crippen molar-refractivity contribution in [1.82, 2.24) is 5.32 Å². The maximum absolute atomic E-state index is 13.3. The van der Waals surface area contributed by atoms with Crippen LogP contribution < -0.4 is 5.32 Å². The highest BCUT2D eigenvalue weighted by molar-refractivity contribution is 5.86. The predicted octanol–water partition coefficient (Wildman–Crippen LogP) is 3.56. The summed E-state index contributed by atoms with van der Waals surface area (Å²) in [5, 5.41) is 4.71. The molecule has 4 nitrogen and oxygen atoms in total. The molecule has 0 saturated carbocycles. The number of halogens is 2. The van der Waals surface area contributed by atoms with Gasteiger partial charge < -0.3 is 10.1 Å². The highest BCUT2D eigenvalue weighted by Crippen LogP contribution is 2.17. The Balaban J connectivity index is 1.72. The molecular formula is C22H19F2NO3. The van der Waals surface area contributed by atoms with Gasteiger partial charge in [0.15, 0.2) is 11.6 Å². The molecule has 1 amide bonds. The average molecular weight is 383 g/mol. The second-order valence-corrected chi connectivity index (χ2v) is 6.45. The second-order valence-electron chi connectivity index (χ2n) is 6.45. The molecule has 0 aromatic heterocycles. The zero-order valence-electron chi connectivity index (χ0n) is 15.2. The molecule has 3 aromatic carbocycles. The van der Waals surface area contributed by atoms with Gasteiger partial charge in [-0.2, -0.15) is 0 Å². The summed E-state index contributed by atoms with van der Waals surface area (Å²) in [5.74, 6) is -3.06. The number of esters is 1. The van der Waals surface area contributed by atoms with Gasteiger partial charge in [-0.25, -0.2) is 13.6 Å². The molecule has 0 bridgehead atoms. The van der Waals surface area contributed by atoms with Crippen LogP contribution >= 0.6 is 0 Å². The molecule has 0 spiro atoms. The van der Waals surface area contributed by atoms with Crippen molar-refractivity contribution in [3.63, 3.8) is 0 Å². The summed E-state index contributed by atoms with van der Waals surface area (Å²) < 4.78 is 31.1. The van der Waals surface area contributed by atoms with Gasteiger partial charge in [0.05, 0.1) is 13.5 Å². The summed E-state index contributed by atoms with van der Waals surface area (Å²) in [6.07, 6.45) is 0.0729. The van der Waals surface area contributed by atoms with Gasteiger partial charge in [-0.15, -0.1) is 0 Å². The molecule has 28 heavy (non-hydrogen) atoms. The monoisotopic (exact) mass is 383 g/mol. The van der Waals surface area contributed by atoms with E-state index < -0.39 is 29.6 Å². The van der Waals surface area contributed by atoms with E-state index >= 15 is 0 Å². The quantitative estimate of drug-likeness (QED) is 0.662. The first kappa shape index (κ1) is 19.5. The lowest BCUT2D eigenvalue weighted by molar-refractivity contribution is -0.145. The number of carbonyl (C=O) groups excluding carboxylic acids is 2. The van der Waals surface area contributed by atoms with Crippen molar-refractivity contribution >= 4 is 22.6 Å². The summed E-state index contributed by atoms with van der Waals surface area (Å²) in [6, 6.07) is 16.0. The maximum atomic E-state index is 13.3. The summed E-state index contributed by atoms with van der Waals surface area (Å²) in [5.41, 5.74) is 1.17. The fraction of sp³-hybridized carbons (Fsp3) is 0.182. The van der Waals surface area contributed by atoms with Crippen LogP contribution in [0.3, 0.4) is 0 Å². The zero-order valence-corrected chi connectivity index (χ0v) is 15.2. The predicted molar refractivity (Wildman–Crippen MR) is 102 cm³/mol. The van der Waals surface area contributed by atoms with Crippen molar-refractivity contribution < 1.29 is 23.1 Å². The van der Waals surface area contributed by atoms with E-state index in [9.17, 15) is 18.4 Å². The number of hydrogen-bond acceptors (Lipinski definition) is 3. The normalized spacial score (nSPS) is 11.8. The fourth-order valence-electron chi connectivity index (χ4n) is 3.02. The van der Waals surface area contributed by atoms with E-state index in [1.165, 1.54) is 13.2 Å². The molecule has 3 aromatic rings. The molecule has 6 heteroatoms. The SMILES string of the molecule is COC(=O)[C@H](Cc1ccc2ccccc2c1)NC(=O)Cc1ccc(F)c(F)c1. The van der Waals surface area contributed by atoms with Crippen LogP contribution in [-0.2, 0) is 27.2 Å². The first-order chi connectivity index (χ1) is 13.5. The first-order valence-corrected chi connectivity index (χ1v) is 8.75. The van der Waals surface area contributed by atoms with Crippen LogP contribution in [0.2, 0.25) is 0 Å². The van der Waals surface area contributed by atoms with Crippen molar-refractivity contribution in [1.29, 1.82) is 0 Å². The van der Waals surface area contributed by atoms with Crippen LogP contribution in [0.5, 0.6) is 0 Å². The summed E-state index contributed by atoms with van der Waals surface area (Å²) in [4.78, 5) is 24.4. The molecule has 3 rings (SSSR count). The number of benzene rings is 3. The standard InChI is InChI=1S/C22H19F2NO3/c1-28-22(27)20(12-14-6-8-16-4-2-3-5-17(16)10-14)25-21(26)13-15-7-9-18(23)19(24)11-15/h2-11,20H,12-13H2,1H3,(H,25,26)/t20-/m0/s1. The Kier molecular flexibility index (Phi) is 5.99. The third-order valence-corrected chi connectivity index (χ3v) is 4.42. The van der Waals surface area contributed by atoms with Gasteiger partial charge >= 0.3 is 5.97 Å². The number of fused-ring (bicyclic) bond motifs is 1. The highest BCUT2D eigenvalue weighted by atomic mass is 19.2. The molecular weight excluding hydrogens is 364 g/mol. The zero-order chi connectivity index (χ0) is 20.1. The highest BCUT2D eigenvalue weighted by Gasteiger charge is 2.22. The smallest absolute Gasteiger partial charge is 0.328 e. The number of rotatable bonds is 6. The lowest BCUT2D eigenvalue weighted by Crippen LogP contribution is -2.43. The Labute approximate surface area is 161 Å². The van der Waals surface area contributed by atoms with E-state index in [4.69, 9.17) is 4.74 Å². The number of methoxy groups -OCH3 is 1. The maximum Gasteiger partial charge on any atom is 0.328 e. The molecule has 0 unspecified atom stereocenters. The number of carbonyl (C=O) groups is 2. The molecule has 0 aliphatic rings. The lowest BCUT2D eigenvalue weighted by Gasteiger charge is -2.17. The van der Waals surface area contributed by atoms with Crippen molar-refractivity contribution in [3.8, 4) is 0 Å². The van der Waals surface area contributed by atoms with Crippen LogP contribution in [0.25, 0.3) is 10.8 Å². The Bertz CT molecular complexity index is 1020. The fourth-order valence-corrected chi connectivity index (χ4v) is 3.02. The van der Waals surface area contributed by atoms with Gasteiger partial charge in [0.1, 0.15) is 6.04 Å². The van der Waals surface area contributed by atoms with Crippen LogP contribution in [0.15, 0.2) is 60.7 Å². The van der Waals surface area contributed by atoms with Crippen LogP contribution in [0.1, 0.15) is 11.1 Å². The largest absolute Gasteiger partial charge is 0.467 e. The number of amides is 1. The van der Waals surface area contributed by atoms with Crippen molar-refractivity contribution in [2.24, 2.45) is 0 Å². The topological polar surface area (TPSA) is 55.4 Å². The van der Waals surface area contributed by atoms with Gasteiger partial charge in [-0.3, -0.25) is 4.79 Å². The van der Waals surface area contributed by atoms with E-state index in [1.807, 2.05) is 42.5 Å². The molecule has 0 heterocycles. The van der Waals surface area contributed by atoms with Crippen LogP contribution in [0.4, 0.5) is 8.78 Å². The minimum Gasteiger partial charge on any atom is -0.467 e. The van der Waals surface area contributed by atoms with Gasteiger partial charge in [0.25, 0.3) is 0 Å². The van der Waals surface area contributed by atoms with Gasteiger partial charge in [0.2, 0.25) is 5.91 Å². The van der Waals surface area contributed by atoms with E-state index in [1.54, 1.807) is 0 Å². The second kappa shape index (κ2) is 8.61. The first-order valence-electron chi connectivity index (χ1n) is 8.75. The summed E-state index contributed by atoms with van der Waals surface area (Å²) in [6.45, 7) is 0. The Morgan fingerprint density at radius 2 is 1.64 bits per heavy atom. The Hall–Kier alpha value is -3.28. The van der Waals surface area contributed by atoms with Crippen molar-refractivity contribution in [3.05, 3.63) is 83.4 Å². The minimum absolute atomic E-state index is 0.178. The third kappa shape index (κ3) is 4.71. The van der Waals surface area contributed by atoms with E-state index in [-0.39, 0.29) is 12.8 Å². The lowest BCUT2D eigenvalue weighted by atomic mass is 10.0. The van der Waals surface area contributed by atoms with E-state index in [0.29, 0.717) is 5.56 Å². The van der Waals surface area contributed by atoms with Crippen molar-refractivity contribution in [2.75, 3.05) is 7.11 Å². The van der Waals surface area contributed by atoms with Gasteiger partial charge in [-0.05, 0) is 34.0 Å². The number of nitrogens with one attached hydrogen (secondary N) is 1. The number of ether oxygens (including phenoxy) is 1. The average Bonchev–Trinajstić information content (AvgIpc) is 2.69. The Morgan fingerprint density at radius 1 is 0.929 bits per heavy atom. The summed E-state index contributed by atoms with van der Waals surface area (Å²) >= 11 is 0. The minimum atomic E-state index is -1.02.